The summed E-state index contributed by atoms with van der Waals surface area (Å²) in [5.41, 5.74) is 2.44. The third-order valence-corrected chi connectivity index (χ3v) is 3.36. The number of aryl methyl sites for hydroxylation is 2. The fourth-order valence-corrected chi connectivity index (χ4v) is 2.64. The van der Waals surface area contributed by atoms with E-state index >= 15 is 0 Å². The highest BCUT2D eigenvalue weighted by Gasteiger charge is 2.09. The fourth-order valence-electron chi connectivity index (χ4n) is 1.78. The van der Waals surface area contributed by atoms with Crippen molar-refractivity contribution in [3.05, 3.63) is 50.7 Å². The van der Waals surface area contributed by atoms with Crippen LogP contribution in [0.2, 0.25) is 5.02 Å². The molecule has 0 fully saturated rings. The molecule has 100 valence electrons. The van der Waals surface area contributed by atoms with E-state index in [0.717, 1.165) is 15.7 Å². The molecule has 2 rings (SSSR count). The van der Waals surface area contributed by atoms with Gasteiger partial charge in [-0.25, -0.2) is 0 Å². The van der Waals surface area contributed by atoms with Crippen LogP contribution in [-0.4, -0.2) is 15.7 Å². The molecular formula is C13H13BrClN3O. The van der Waals surface area contributed by atoms with Crippen LogP contribution in [0, 0.1) is 6.92 Å². The molecule has 0 atom stereocenters. The Hall–Kier alpha value is -1.33. The summed E-state index contributed by atoms with van der Waals surface area (Å²) in [5, 5.41) is 7.60. The van der Waals surface area contributed by atoms with E-state index in [1.54, 1.807) is 22.9 Å². The molecule has 1 aromatic carbocycles. The van der Waals surface area contributed by atoms with Crippen molar-refractivity contribution in [1.82, 2.24) is 15.1 Å². The number of carbonyl (C=O) groups is 1. The van der Waals surface area contributed by atoms with Crippen LogP contribution in [0.1, 0.15) is 21.6 Å². The monoisotopic (exact) mass is 341 g/mol. The van der Waals surface area contributed by atoms with Crippen LogP contribution in [0.3, 0.4) is 0 Å². The minimum Gasteiger partial charge on any atom is -0.348 e. The second-order valence-electron chi connectivity index (χ2n) is 4.25. The van der Waals surface area contributed by atoms with E-state index in [0.29, 0.717) is 17.1 Å². The molecule has 0 unspecified atom stereocenters. The average Bonchev–Trinajstić information content (AvgIpc) is 2.63. The third-order valence-electron chi connectivity index (χ3n) is 2.68. The Bertz CT molecular complexity index is 604. The van der Waals surface area contributed by atoms with Crippen LogP contribution in [0.25, 0.3) is 0 Å². The van der Waals surface area contributed by atoms with Crippen LogP contribution in [-0.2, 0) is 13.6 Å². The van der Waals surface area contributed by atoms with Crippen molar-refractivity contribution in [3.8, 4) is 0 Å². The Morgan fingerprint density at radius 2 is 2.21 bits per heavy atom. The zero-order valence-electron chi connectivity index (χ0n) is 10.6. The highest BCUT2D eigenvalue weighted by Crippen LogP contribution is 2.19. The molecule has 6 heteroatoms. The van der Waals surface area contributed by atoms with E-state index < -0.39 is 0 Å². The van der Waals surface area contributed by atoms with Gasteiger partial charge in [-0.2, -0.15) is 5.10 Å². The summed E-state index contributed by atoms with van der Waals surface area (Å²) in [4.78, 5) is 12.0. The van der Waals surface area contributed by atoms with Gasteiger partial charge in [0.15, 0.2) is 0 Å². The number of nitrogens with zero attached hydrogens (tertiary/aromatic N) is 2. The van der Waals surface area contributed by atoms with Gasteiger partial charge in [0.1, 0.15) is 0 Å². The van der Waals surface area contributed by atoms with Crippen LogP contribution in [0.5, 0.6) is 0 Å². The Morgan fingerprint density at radius 3 is 2.79 bits per heavy atom. The molecule has 0 spiro atoms. The van der Waals surface area contributed by atoms with Gasteiger partial charge in [-0.1, -0.05) is 27.5 Å². The predicted octanol–water partition coefficient (Wildman–Crippen LogP) is 3.07. The number of amides is 1. The van der Waals surface area contributed by atoms with Gasteiger partial charge in [0.25, 0.3) is 5.91 Å². The Balaban J connectivity index is 2.07. The Morgan fingerprint density at radius 1 is 1.47 bits per heavy atom. The van der Waals surface area contributed by atoms with Gasteiger partial charge in [0, 0.05) is 40.4 Å². The van der Waals surface area contributed by atoms with E-state index in [1.807, 2.05) is 20.2 Å². The zero-order chi connectivity index (χ0) is 14.0. The molecule has 4 nitrogen and oxygen atoms in total. The summed E-state index contributed by atoms with van der Waals surface area (Å²) in [6, 6.07) is 5.11. The summed E-state index contributed by atoms with van der Waals surface area (Å²) in [5.74, 6) is -0.161. The number of halogens is 2. The lowest BCUT2D eigenvalue weighted by atomic mass is 10.2. The second kappa shape index (κ2) is 5.75. The Kier molecular flexibility index (Phi) is 4.27. The van der Waals surface area contributed by atoms with Gasteiger partial charge in [-0.05, 0) is 25.1 Å². The number of nitrogens with one attached hydrogen (secondary N) is 1. The molecule has 0 aliphatic heterocycles. The van der Waals surface area contributed by atoms with Crippen LogP contribution in [0.15, 0.2) is 28.9 Å². The molecule has 0 bridgehead atoms. The zero-order valence-corrected chi connectivity index (χ0v) is 12.9. The first kappa shape index (κ1) is 14.1. The topological polar surface area (TPSA) is 46.9 Å². The first-order valence-corrected chi connectivity index (χ1v) is 6.86. The Labute approximate surface area is 124 Å². The van der Waals surface area contributed by atoms with Crippen molar-refractivity contribution in [2.24, 2.45) is 7.05 Å². The summed E-state index contributed by atoms with van der Waals surface area (Å²) in [7, 11) is 1.85. The lowest BCUT2D eigenvalue weighted by Gasteiger charge is -2.05. The van der Waals surface area contributed by atoms with E-state index in [2.05, 4.69) is 26.3 Å². The quantitative estimate of drug-likeness (QED) is 0.932. The molecule has 0 radical (unpaired) electrons. The highest BCUT2D eigenvalue weighted by atomic mass is 79.9. The molecular weight excluding hydrogens is 330 g/mol. The number of hydrogen-bond acceptors (Lipinski definition) is 2. The molecule has 1 N–H and O–H groups in total. The summed E-state index contributed by atoms with van der Waals surface area (Å²) < 4.78 is 2.51. The highest BCUT2D eigenvalue weighted by molar-refractivity contribution is 9.10. The number of benzene rings is 1. The summed E-state index contributed by atoms with van der Waals surface area (Å²) in [6.07, 6.45) is 1.89. The number of rotatable bonds is 3. The molecule has 19 heavy (non-hydrogen) atoms. The van der Waals surface area contributed by atoms with Crippen molar-refractivity contribution >= 4 is 33.4 Å². The summed E-state index contributed by atoms with van der Waals surface area (Å²) >= 11 is 9.23. The van der Waals surface area contributed by atoms with Gasteiger partial charge in [-0.15, -0.1) is 0 Å². The first-order valence-electron chi connectivity index (χ1n) is 5.69. The van der Waals surface area contributed by atoms with Crippen molar-refractivity contribution < 1.29 is 4.79 Å². The molecule has 1 amide bonds. The molecule has 1 aromatic heterocycles. The standard InChI is InChI=1S/C13H13BrClN3O/c1-8-10(7-18(2)17-8)6-16-13(19)9-3-11(14)5-12(15)4-9/h3-5,7H,6H2,1-2H3,(H,16,19). The minimum absolute atomic E-state index is 0.161. The smallest absolute Gasteiger partial charge is 0.251 e. The average molecular weight is 343 g/mol. The fraction of sp³-hybridized carbons (Fsp3) is 0.231. The lowest BCUT2D eigenvalue weighted by Crippen LogP contribution is -2.22. The number of carbonyl (C=O) groups excluding carboxylic acids is 1. The van der Waals surface area contributed by atoms with Crippen molar-refractivity contribution in [1.29, 1.82) is 0 Å². The van der Waals surface area contributed by atoms with Gasteiger partial charge >= 0.3 is 0 Å². The maximum absolute atomic E-state index is 12.0. The van der Waals surface area contributed by atoms with Crippen molar-refractivity contribution in [2.75, 3.05) is 0 Å². The summed E-state index contributed by atoms with van der Waals surface area (Å²) in [6.45, 7) is 2.36. The van der Waals surface area contributed by atoms with Crippen LogP contribution in [0.4, 0.5) is 0 Å². The van der Waals surface area contributed by atoms with Crippen LogP contribution >= 0.6 is 27.5 Å². The minimum atomic E-state index is -0.161. The van der Waals surface area contributed by atoms with Gasteiger partial charge in [0.05, 0.1) is 5.69 Å². The van der Waals surface area contributed by atoms with Gasteiger partial charge in [-0.3, -0.25) is 9.48 Å². The number of aromatic nitrogens is 2. The van der Waals surface area contributed by atoms with Gasteiger partial charge in [0.2, 0.25) is 0 Å². The second-order valence-corrected chi connectivity index (χ2v) is 5.61. The molecule has 0 saturated heterocycles. The number of hydrogen-bond donors (Lipinski definition) is 1. The van der Waals surface area contributed by atoms with Crippen molar-refractivity contribution in [3.63, 3.8) is 0 Å². The van der Waals surface area contributed by atoms with E-state index in [1.165, 1.54) is 0 Å². The molecule has 1 heterocycles. The van der Waals surface area contributed by atoms with E-state index in [9.17, 15) is 4.79 Å². The predicted molar refractivity (Wildman–Crippen MR) is 78.3 cm³/mol. The van der Waals surface area contributed by atoms with Crippen molar-refractivity contribution in [2.45, 2.75) is 13.5 Å². The maximum Gasteiger partial charge on any atom is 0.251 e. The molecule has 0 saturated carbocycles. The third kappa shape index (κ3) is 3.58. The lowest BCUT2D eigenvalue weighted by molar-refractivity contribution is 0.0951. The maximum atomic E-state index is 12.0. The SMILES string of the molecule is Cc1nn(C)cc1CNC(=O)c1cc(Cl)cc(Br)c1. The van der Waals surface area contributed by atoms with E-state index in [4.69, 9.17) is 11.6 Å². The molecule has 0 aliphatic carbocycles. The van der Waals surface area contributed by atoms with E-state index in [-0.39, 0.29) is 5.91 Å². The normalized spacial score (nSPS) is 10.5. The van der Waals surface area contributed by atoms with Crippen LogP contribution < -0.4 is 5.32 Å². The molecule has 0 aliphatic rings. The molecule has 2 aromatic rings. The largest absolute Gasteiger partial charge is 0.348 e. The first-order chi connectivity index (χ1) is 8.95. The van der Waals surface area contributed by atoms with Gasteiger partial charge < -0.3 is 5.32 Å².